The highest BCUT2D eigenvalue weighted by molar-refractivity contribution is 14.1. The minimum absolute atomic E-state index is 0.316. The number of rotatable bonds is 2. The number of hydrogen-bond donors (Lipinski definition) is 1. The van der Waals surface area contributed by atoms with Gasteiger partial charge >= 0.3 is 17.9 Å². The molecule has 1 N–H and O–H groups in total. The molecule has 1 fully saturated rings. The molecule has 0 unspecified atom stereocenters. The average molecular weight is 431 g/mol. The first-order chi connectivity index (χ1) is 11.0. The number of carbonyl (C=O) groups excluding carboxylic acids is 3. The first kappa shape index (κ1) is 17.5. The van der Waals surface area contributed by atoms with Gasteiger partial charge in [-0.1, -0.05) is 0 Å². The smallest absolute Gasteiger partial charge is 0.409 e. The highest BCUT2D eigenvalue weighted by atomic mass is 127. The van der Waals surface area contributed by atoms with Gasteiger partial charge in [0, 0.05) is 35.4 Å². The SMILES string of the molecule is CCOC(=O)N1CCN(C(=O)C(=O)Nc2ccc(I)cc2)CC1. The molecule has 0 aliphatic carbocycles. The summed E-state index contributed by atoms with van der Waals surface area (Å²) >= 11 is 2.16. The molecule has 0 saturated carbocycles. The van der Waals surface area contributed by atoms with Gasteiger partial charge in [-0.3, -0.25) is 9.59 Å². The highest BCUT2D eigenvalue weighted by Crippen LogP contribution is 2.12. The van der Waals surface area contributed by atoms with Crippen LogP contribution in [0.1, 0.15) is 6.92 Å². The van der Waals surface area contributed by atoms with Gasteiger partial charge in [0.15, 0.2) is 0 Å². The van der Waals surface area contributed by atoms with Crippen LogP contribution in [0.5, 0.6) is 0 Å². The lowest BCUT2D eigenvalue weighted by Gasteiger charge is -2.33. The summed E-state index contributed by atoms with van der Waals surface area (Å²) in [7, 11) is 0. The third-order valence-corrected chi connectivity index (χ3v) is 4.11. The molecule has 0 atom stereocenters. The quantitative estimate of drug-likeness (QED) is 0.569. The Hall–Kier alpha value is -1.84. The van der Waals surface area contributed by atoms with Crippen molar-refractivity contribution in [3.63, 3.8) is 0 Å². The van der Waals surface area contributed by atoms with Gasteiger partial charge in [-0.25, -0.2) is 4.79 Å². The Morgan fingerprint density at radius 2 is 1.65 bits per heavy atom. The second-order valence-electron chi connectivity index (χ2n) is 4.94. The van der Waals surface area contributed by atoms with Crippen molar-refractivity contribution in [3.8, 4) is 0 Å². The first-order valence-corrected chi connectivity index (χ1v) is 8.36. The molecule has 0 spiro atoms. The van der Waals surface area contributed by atoms with Crippen molar-refractivity contribution >= 4 is 46.2 Å². The number of hydrogen-bond acceptors (Lipinski definition) is 4. The van der Waals surface area contributed by atoms with Crippen LogP contribution >= 0.6 is 22.6 Å². The molecule has 1 heterocycles. The fourth-order valence-corrected chi connectivity index (χ4v) is 2.53. The van der Waals surface area contributed by atoms with Gasteiger partial charge in [-0.15, -0.1) is 0 Å². The topological polar surface area (TPSA) is 79.0 Å². The minimum Gasteiger partial charge on any atom is -0.450 e. The van der Waals surface area contributed by atoms with Crippen LogP contribution in [-0.2, 0) is 14.3 Å². The Morgan fingerprint density at radius 3 is 2.22 bits per heavy atom. The van der Waals surface area contributed by atoms with Crippen molar-refractivity contribution in [1.29, 1.82) is 0 Å². The van der Waals surface area contributed by atoms with E-state index in [2.05, 4.69) is 27.9 Å². The van der Waals surface area contributed by atoms with Gasteiger partial charge in [0.1, 0.15) is 0 Å². The molecule has 0 radical (unpaired) electrons. The highest BCUT2D eigenvalue weighted by Gasteiger charge is 2.28. The Kier molecular flexibility index (Phi) is 6.20. The number of benzene rings is 1. The first-order valence-electron chi connectivity index (χ1n) is 7.28. The molecule has 1 aliphatic rings. The summed E-state index contributed by atoms with van der Waals surface area (Å²) in [4.78, 5) is 38.7. The van der Waals surface area contributed by atoms with Gasteiger partial charge in [0.25, 0.3) is 0 Å². The Labute approximate surface area is 148 Å². The third kappa shape index (κ3) is 4.81. The molecule has 1 aromatic carbocycles. The molecule has 1 aromatic rings. The number of carbonyl (C=O) groups is 3. The van der Waals surface area contributed by atoms with Crippen LogP contribution in [0.4, 0.5) is 10.5 Å². The summed E-state index contributed by atoms with van der Waals surface area (Å²) in [5.74, 6) is -1.26. The fraction of sp³-hybridized carbons (Fsp3) is 0.400. The summed E-state index contributed by atoms with van der Waals surface area (Å²) in [6, 6.07) is 7.18. The van der Waals surface area contributed by atoms with Crippen LogP contribution in [0.25, 0.3) is 0 Å². The zero-order valence-electron chi connectivity index (χ0n) is 12.8. The monoisotopic (exact) mass is 431 g/mol. The molecule has 2 rings (SSSR count). The summed E-state index contributed by atoms with van der Waals surface area (Å²) < 4.78 is 5.96. The number of nitrogens with zero attached hydrogens (tertiary/aromatic N) is 2. The fourth-order valence-electron chi connectivity index (χ4n) is 2.17. The maximum absolute atomic E-state index is 12.1. The second kappa shape index (κ2) is 8.14. The van der Waals surface area contributed by atoms with E-state index in [1.54, 1.807) is 19.1 Å². The predicted molar refractivity (Wildman–Crippen MR) is 93.0 cm³/mol. The molecule has 1 saturated heterocycles. The molecule has 3 amide bonds. The van der Waals surface area contributed by atoms with Crippen molar-refractivity contribution in [2.75, 3.05) is 38.1 Å². The number of amides is 3. The summed E-state index contributed by atoms with van der Waals surface area (Å²) in [5.41, 5.74) is 0.578. The van der Waals surface area contributed by atoms with Gasteiger partial charge < -0.3 is 19.9 Å². The van der Waals surface area contributed by atoms with E-state index in [1.165, 1.54) is 9.80 Å². The second-order valence-corrected chi connectivity index (χ2v) is 6.18. The molecule has 124 valence electrons. The molecular formula is C15H18IN3O4. The standard InChI is InChI=1S/C15H18IN3O4/c1-2-23-15(22)19-9-7-18(8-10-19)14(21)13(20)17-12-5-3-11(16)4-6-12/h3-6H,2,7-10H2,1H3,(H,17,20). The van der Waals surface area contributed by atoms with Gasteiger partial charge in [0.2, 0.25) is 0 Å². The van der Waals surface area contributed by atoms with E-state index in [4.69, 9.17) is 4.74 Å². The van der Waals surface area contributed by atoms with E-state index < -0.39 is 11.8 Å². The van der Waals surface area contributed by atoms with E-state index in [9.17, 15) is 14.4 Å². The summed E-state index contributed by atoms with van der Waals surface area (Å²) in [6.07, 6.45) is -0.386. The number of ether oxygens (including phenoxy) is 1. The van der Waals surface area contributed by atoms with Crippen molar-refractivity contribution in [3.05, 3.63) is 27.8 Å². The molecule has 8 heteroatoms. The van der Waals surface area contributed by atoms with Crippen LogP contribution < -0.4 is 5.32 Å². The van der Waals surface area contributed by atoms with Crippen molar-refractivity contribution in [2.24, 2.45) is 0 Å². The van der Waals surface area contributed by atoms with Gasteiger partial charge in [-0.2, -0.15) is 0 Å². The molecule has 0 aromatic heterocycles. The van der Waals surface area contributed by atoms with Gasteiger partial charge in [0.05, 0.1) is 6.61 Å². The average Bonchev–Trinajstić information content (AvgIpc) is 2.56. The molecular weight excluding hydrogens is 413 g/mol. The lowest BCUT2D eigenvalue weighted by Crippen LogP contribution is -2.53. The van der Waals surface area contributed by atoms with Crippen LogP contribution in [0.3, 0.4) is 0 Å². The molecule has 0 bridgehead atoms. The predicted octanol–water partition coefficient (Wildman–Crippen LogP) is 1.53. The minimum atomic E-state index is -0.671. The Morgan fingerprint density at radius 1 is 1.09 bits per heavy atom. The van der Waals surface area contributed by atoms with E-state index in [0.717, 1.165) is 3.57 Å². The molecule has 1 aliphatic heterocycles. The van der Waals surface area contributed by atoms with E-state index in [1.807, 2.05) is 12.1 Å². The lowest BCUT2D eigenvalue weighted by molar-refractivity contribution is -0.144. The Bertz CT molecular complexity index is 583. The largest absolute Gasteiger partial charge is 0.450 e. The van der Waals surface area contributed by atoms with E-state index >= 15 is 0 Å². The number of anilines is 1. The van der Waals surface area contributed by atoms with Crippen molar-refractivity contribution in [2.45, 2.75) is 6.92 Å². The van der Waals surface area contributed by atoms with E-state index in [-0.39, 0.29) is 6.09 Å². The lowest BCUT2D eigenvalue weighted by atomic mass is 10.3. The maximum Gasteiger partial charge on any atom is 0.409 e. The van der Waals surface area contributed by atoms with Crippen LogP contribution in [0.15, 0.2) is 24.3 Å². The van der Waals surface area contributed by atoms with Crippen molar-refractivity contribution < 1.29 is 19.1 Å². The van der Waals surface area contributed by atoms with Gasteiger partial charge in [-0.05, 0) is 53.8 Å². The van der Waals surface area contributed by atoms with Crippen LogP contribution in [0.2, 0.25) is 0 Å². The normalized spacial score (nSPS) is 14.3. The summed E-state index contributed by atoms with van der Waals surface area (Å²) in [5, 5.41) is 2.58. The van der Waals surface area contributed by atoms with Crippen LogP contribution in [0, 0.1) is 3.57 Å². The number of halogens is 1. The molecule has 23 heavy (non-hydrogen) atoms. The summed E-state index contributed by atoms with van der Waals surface area (Å²) in [6.45, 7) is 3.42. The number of nitrogens with one attached hydrogen (secondary N) is 1. The zero-order chi connectivity index (χ0) is 16.8. The molecule has 7 nitrogen and oxygen atoms in total. The van der Waals surface area contributed by atoms with Crippen molar-refractivity contribution in [1.82, 2.24) is 9.80 Å². The Balaban J connectivity index is 1.85. The number of piperazine rings is 1. The third-order valence-electron chi connectivity index (χ3n) is 3.39. The maximum atomic E-state index is 12.1. The van der Waals surface area contributed by atoms with E-state index in [0.29, 0.717) is 38.5 Å². The van der Waals surface area contributed by atoms with Crippen LogP contribution in [-0.4, -0.2) is 60.5 Å². The zero-order valence-corrected chi connectivity index (χ0v) is 14.9.